The quantitative estimate of drug-likeness (QED) is 0.930. The van der Waals surface area contributed by atoms with Crippen LogP contribution >= 0.6 is 0 Å². The summed E-state index contributed by atoms with van der Waals surface area (Å²) in [6.45, 7) is 1.65. The largest absolute Gasteiger partial charge is 0.438 e. The third kappa shape index (κ3) is 3.16. The second-order valence-electron chi connectivity index (χ2n) is 5.20. The Kier molecular flexibility index (Phi) is 3.81. The SMILES string of the molecule is Cc1nnc(-c2ccc(S(=O)(=O)NC3CCCCC3)o2)o1. The molecule has 1 saturated carbocycles. The average Bonchev–Trinajstić information content (AvgIpc) is 3.08. The van der Waals surface area contributed by atoms with Gasteiger partial charge in [-0.15, -0.1) is 10.2 Å². The van der Waals surface area contributed by atoms with Crippen molar-refractivity contribution in [3.63, 3.8) is 0 Å². The van der Waals surface area contributed by atoms with Crippen molar-refractivity contribution in [1.29, 1.82) is 0 Å². The molecule has 7 nitrogen and oxygen atoms in total. The molecule has 0 bridgehead atoms. The molecule has 21 heavy (non-hydrogen) atoms. The van der Waals surface area contributed by atoms with Crippen molar-refractivity contribution < 1.29 is 17.3 Å². The molecule has 0 atom stereocenters. The number of furan rings is 1. The molecular weight excluding hydrogens is 294 g/mol. The van der Waals surface area contributed by atoms with Gasteiger partial charge in [-0.25, -0.2) is 13.1 Å². The van der Waals surface area contributed by atoms with Crippen LogP contribution in [0.4, 0.5) is 0 Å². The molecule has 1 aliphatic rings. The van der Waals surface area contributed by atoms with E-state index in [1.807, 2.05) is 0 Å². The van der Waals surface area contributed by atoms with Crippen LogP contribution in [0.2, 0.25) is 0 Å². The standard InChI is InChI=1S/C13H17N3O4S/c1-9-14-15-13(19-9)11-7-8-12(20-11)21(17,18)16-10-5-3-2-4-6-10/h7-8,10,16H,2-6H2,1H3. The zero-order valence-electron chi connectivity index (χ0n) is 11.7. The molecule has 1 aliphatic carbocycles. The lowest BCUT2D eigenvalue weighted by Crippen LogP contribution is -2.35. The maximum atomic E-state index is 12.3. The van der Waals surface area contributed by atoms with Crippen LogP contribution < -0.4 is 4.72 Å². The van der Waals surface area contributed by atoms with Gasteiger partial charge in [0.2, 0.25) is 11.0 Å². The molecular formula is C13H17N3O4S. The van der Waals surface area contributed by atoms with Gasteiger partial charge in [0.1, 0.15) is 0 Å². The summed E-state index contributed by atoms with van der Waals surface area (Å²) >= 11 is 0. The molecule has 0 aliphatic heterocycles. The summed E-state index contributed by atoms with van der Waals surface area (Å²) < 4.78 is 37.8. The van der Waals surface area contributed by atoms with Crippen molar-refractivity contribution >= 4 is 10.0 Å². The van der Waals surface area contributed by atoms with E-state index in [4.69, 9.17) is 8.83 Å². The number of rotatable bonds is 4. The van der Waals surface area contributed by atoms with Gasteiger partial charge in [-0.05, 0) is 25.0 Å². The molecule has 0 unspecified atom stereocenters. The summed E-state index contributed by atoms with van der Waals surface area (Å²) in [4.78, 5) is 0. The van der Waals surface area contributed by atoms with Crippen molar-refractivity contribution in [2.45, 2.75) is 50.2 Å². The zero-order chi connectivity index (χ0) is 14.9. The number of sulfonamides is 1. The Morgan fingerprint density at radius 3 is 2.57 bits per heavy atom. The van der Waals surface area contributed by atoms with E-state index in [9.17, 15) is 8.42 Å². The Morgan fingerprint density at radius 2 is 1.90 bits per heavy atom. The van der Waals surface area contributed by atoms with Crippen LogP contribution in [0.1, 0.15) is 38.0 Å². The summed E-state index contributed by atoms with van der Waals surface area (Å²) in [7, 11) is -3.65. The third-order valence-corrected chi connectivity index (χ3v) is 4.90. The molecule has 0 radical (unpaired) electrons. The normalized spacial score (nSPS) is 17.2. The molecule has 0 saturated heterocycles. The van der Waals surface area contributed by atoms with Crippen LogP contribution in [-0.4, -0.2) is 24.7 Å². The van der Waals surface area contributed by atoms with E-state index in [0.29, 0.717) is 5.89 Å². The highest BCUT2D eigenvalue weighted by molar-refractivity contribution is 7.89. The lowest BCUT2D eigenvalue weighted by Gasteiger charge is -2.21. The highest BCUT2D eigenvalue weighted by atomic mass is 32.2. The summed E-state index contributed by atoms with van der Waals surface area (Å²) in [5.41, 5.74) is 0. The first kappa shape index (κ1) is 14.3. The molecule has 3 rings (SSSR count). The van der Waals surface area contributed by atoms with E-state index >= 15 is 0 Å². The Labute approximate surface area is 122 Å². The van der Waals surface area contributed by atoms with E-state index in [1.54, 1.807) is 6.92 Å². The topological polar surface area (TPSA) is 98.2 Å². The van der Waals surface area contributed by atoms with Crippen LogP contribution in [-0.2, 0) is 10.0 Å². The minimum Gasteiger partial charge on any atom is -0.438 e. The Morgan fingerprint density at radius 1 is 1.14 bits per heavy atom. The first-order valence-electron chi connectivity index (χ1n) is 6.97. The van der Waals surface area contributed by atoms with Crippen LogP contribution in [0.3, 0.4) is 0 Å². The second kappa shape index (κ2) is 5.61. The lowest BCUT2D eigenvalue weighted by atomic mass is 9.96. The molecule has 1 fully saturated rings. The molecule has 2 aromatic rings. The number of aryl methyl sites for hydroxylation is 1. The summed E-state index contributed by atoms with van der Waals surface area (Å²) in [6.07, 6.45) is 5.01. The predicted molar refractivity (Wildman–Crippen MR) is 73.9 cm³/mol. The molecule has 8 heteroatoms. The van der Waals surface area contributed by atoms with Crippen molar-refractivity contribution in [1.82, 2.24) is 14.9 Å². The van der Waals surface area contributed by atoms with E-state index in [-0.39, 0.29) is 22.8 Å². The third-order valence-electron chi connectivity index (χ3n) is 3.51. The van der Waals surface area contributed by atoms with E-state index in [2.05, 4.69) is 14.9 Å². The van der Waals surface area contributed by atoms with Gasteiger partial charge in [-0.2, -0.15) is 0 Å². The minimum absolute atomic E-state index is 0.0112. The highest BCUT2D eigenvalue weighted by Crippen LogP contribution is 2.25. The summed E-state index contributed by atoms with van der Waals surface area (Å²) in [5.74, 6) is 0.817. The molecule has 1 N–H and O–H groups in total. The number of hydrogen-bond donors (Lipinski definition) is 1. The average molecular weight is 311 g/mol. The van der Waals surface area contributed by atoms with E-state index in [0.717, 1.165) is 25.7 Å². The Balaban J connectivity index is 1.78. The fraction of sp³-hybridized carbons (Fsp3) is 0.538. The van der Waals surface area contributed by atoms with Crippen LogP contribution in [0, 0.1) is 6.92 Å². The molecule has 0 amide bonds. The monoisotopic (exact) mass is 311 g/mol. The maximum absolute atomic E-state index is 12.3. The molecule has 2 heterocycles. The van der Waals surface area contributed by atoms with E-state index < -0.39 is 10.0 Å². The van der Waals surface area contributed by atoms with Crippen molar-refractivity contribution in [2.75, 3.05) is 0 Å². The minimum atomic E-state index is -3.65. The Hall–Kier alpha value is -1.67. The maximum Gasteiger partial charge on any atom is 0.283 e. The van der Waals surface area contributed by atoms with Gasteiger partial charge in [0.15, 0.2) is 5.76 Å². The van der Waals surface area contributed by atoms with Crippen LogP contribution in [0.5, 0.6) is 0 Å². The molecule has 114 valence electrons. The lowest BCUT2D eigenvalue weighted by molar-refractivity contribution is 0.398. The first-order chi connectivity index (χ1) is 10.0. The second-order valence-corrected chi connectivity index (χ2v) is 6.85. The van der Waals surface area contributed by atoms with Gasteiger partial charge in [0, 0.05) is 13.0 Å². The fourth-order valence-corrected chi connectivity index (χ4v) is 3.71. The van der Waals surface area contributed by atoms with Gasteiger partial charge >= 0.3 is 0 Å². The smallest absolute Gasteiger partial charge is 0.283 e. The number of nitrogens with one attached hydrogen (secondary N) is 1. The van der Waals surface area contributed by atoms with Crippen molar-refractivity contribution in [3.05, 3.63) is 18.0 Å². The van der Waals surface area contributed by atoms with E-state index in [1.165, 1.54) is 18.6 Å². The van der Waals surface area contributed by atoms with Gasteiger partial charge in [0.25, 0.3) is 15.9 Å². The fourth-order valence-electron chi connectivity index (χ4n) is 2.47. The van der Waals surface area contributed by atoms with Crippen molar-refractivity contribution in [3.8, 4) is 11.7 Å². The molecule has 2 aromatic heterocycles. The van der Waals surface area contributed by atoms with Gasteiger partial charge in [-0.3, -0.25) is 0 Å². The number of hydrogen-bond acceptors (Lipinski definition) is 6. The Bertz CT molecular complexity index is 713. The van der Waals surface area contributed by atoms with Gasteiger partial charge < -0.3 is 8.83 Å². The molecule has 0 aromatic carbocycles. The predicted octanol–water partition coefficient (Wildman–Crippen LogP) is 2.25. The highest BCUT2D eigenvalue weighted by Gasteiger charge is 2.25. The number of aromatic nitrogens is 2. The van der Waals surface area contributed by atoms with Crippen LogP contribution in [0.25, 0.3) is 11.7 Å². The van der Waals surface area contributed by atoms with Crippen molar-refractivity contribution in [2.24, 2.45) is 0 Å². The van der Waals surface area contributed by atoms with Gasteiger partial charge in [-0.1, -0.05) is 19.3 Å². The summed E-state index contributed by atoms with van der Waals surface area (Å²) in [6, 6.07) is 2.91. The number of nitrogens with zero attached hydrogens (tertiary/aromatic N) is 2. The first-order valence-corrected chi connectivity index (χ1v) is 8.45. The molecule has 0 spiro atoms. The van der Waals surface area contributed by atoms with Crippen LogP contribution in [0.15, 0.2) is 26.1 Å². The zero-order valence-corrected chi connectivity index (χ0v) is 12.5. The summed E-state index contributed by atoms with van der Waals surface area (Å²) in [5, 5.41) is 7.36. The van der Waals surface area contributed by atoms with Gasteiger partial charge in [0.05, 0.1) is 0 Å².